The first-order valence-electron chi connectivity index (χ1n) is 9.14. The average Bonchev–Trinajstić information content (AvgIpc) is 2.72. The number of rotatable bonds is 7. The third-order valence-corrected chi connectivity index (χ3v) is 6.97. The number of hydrogen-bond acceptors (Lipinski definition) is 3. The Morgan fingerprint density at radius 1 is 1.00 bits per heavy atom. The number of amides is 1. The smallest absolute Gasteiger partial charge is 0.242 e. The zero-order chi connectivity index (χ0) is 21.7. The molecule has 1 amide bonds. The molecular weight excluding hydrogens is 488 g/mol. The minimum atomic E-state index is -3.91. The van der Waals surface area contributed by atoms with E-state index in [9.17, 15) is 13.2 Å². The van der Waals surface area contributed by atoms with Crippen molar-refractivity contribution in [1.29, 1.82) is 0 Å². The van der Waals surface area contributed by atoms with Crippen molar-refractivity contribution in [2.24, 2.45) is 0 Å². The summed E-state index contributed by atoms with van der Waals surface area (Å²) in [7, 11) is -3.91. The van der Waals surface area contributed by atoms with E-state index in [1.54, 1.807) is 37.3 Å². The molecule has 3 rings (SSSR count). The molecule has 1 atom stereocenters. The molecule has 0 unspecified atom stereocenters. The normalized spacial score (nSPS) is 12.4. The summed E-state index contributed by atoms with van der Waals surface area (Å²) >= 11 is 9.43. The second-order valence-corrected chi connectivity index (χ2v) is 9.76. The van der Waals surface area contributed by atoms with Gasteiger partial charge in [0.1, 0.15) is 6.04 Å². The molecule has 0 heterocycles. The number of benzene rings is 3. The van der Waals surface area contributed by atoms with Gasteiger partial charge in [0.15, 0.2) is 0 Å². The molecule has 0 spiro atoms. The highest BCUT2D eigenvalue weighted by molar-refractivity contribution is 9.10. The lowest BCUT2D eigenvalue weighted by molar-refractivity contribution is -0.117. The number of sulfonamides is 1. The average molecular weight is 508 g/mol. The zero-order valence-corrected chi connectivity index (χ0v) is 19.3. The number of hydrogen-bond donors (Lipinski definition) is 2. The molecule has 30 heavy (non-hydrogen) atoms. The van der Waals surface area contributed by atoms with Crippen LogP contribution in [0.15, 0.2) is 82.2 Å². The highest BCUT2D eigenvalue weighted by Gasteiger charge is 2.26. The summed E-state index contributed by atoms with van der Waals surface area (Å²) in [4.78, 5) is 13.1. The van der Waals surface area contributed by atoms with Gasteiger partial charge in [0.2, 0.25) is 15.9 Å². The van der Waals surface area contributed by atoms with Crippen molar-refractivity contribution < 1.29 is 13.2 Å². The van der Waals surface area contributed by atoms with Gasteiger partial charge in [-0.3, -0.25) is 4.79 Å². The highest BCUT2D eigenvalue weighted by atomic mass is 79.9. The molecule has 0 bridgehead atoms. The summed E-state index contributed by atoms with van der Waals surface area (Å²) < 4.78 is 29.1. The molecule has 3 aromatic rings. The van der Waals surface area contributed by atoms with Crippen LogP contribution in [-0.2, 0) is 21.2 Å². The Labute approximate surface area is 189 Å². The van der Waals surface area contributed by atoms with E-state index in [0.29, 0.717) is 16.3 Å². The van der Waals surface area contributed by atoms with Crippen molar-refractivity contribution in [1.82, 2.24) is 4.72 Å². The number of carbonyl (C=O) groups excluding carboxylic acids is 1. The second-order valence-electron chi connectivity index (χ2n) is 6.72. The maximum absolute atomic E-state index is 13.1. The van der Waals surface area contributed by atoms with E-state index in [1.807, 2.05) is 30.3 Å². The van der Waals surface area contributed by atoms with E-state index in [4.69, 9.17) is 11.6 Å². The Balaban J connectivity index is 1.88. The van der Waals surface area contributed by atoms with Gasteiger partial charge in [-0.25, -0.2) is 8.42 Å². The molecule has 0 aliphatic carbocycles. The van der Waals surface area contributed by atoms with Crippen LogP contribution in [0.2, 0.25) is 5.02 Å². The van der Waals surface area contributed by atoms with Gasteiger partial charge < -0.3 is 5.32 Å². The Morgan fingerprint density at radius 2 is 1.67 bits per heavy atom. The molecule has 0 aromatic heterocycles. The van der Waals surface area contributed by atoms with E-state index in [-0.39, 0.29) is 11.3 Å². The summed E-state index contributed by atoms with van der Waals surface area (Å²) in [6.07, 6.45) is 0.196. The van der Waals surface area contributed by atoms with Crippen LogP contribution in [0.4, 0.5) is 5.69 Å². The molecule has 0 aliphatic rings. The lowest BCUT2D eigenvalue weighted by atomic mass is 10.1. The van der Waals surface area contributed by atoms with Crippen LogP contribution in [0.3, 0.4) is 0 Å². The van der Waals surface area contributed by atoms with Crippen LogP contribution in [0.25, 0.3) is 0 Å². The van der Waals surface area contributed by atoms with Crippen molar-refractivity contribution in [2.45, 2.75) is 24.3 Å². The topological polar surface area (TPSA) is 75.3 Å². The largest absolute Gasteiger partial charge is 0.324 e. The summed E-state index contributed by atoms with van der Waals surface area (Å²) in [5.74, 6) is -0.468. The maximum Gasteiger partial charge on any atom is 0.242 e. The van der Waals surface area contributed by atoms with Gasteiger partial charge in [-0.05, 0) is 60.9 Å². The molecule has 3 aromatic carbocycles. The van der Waals surface area contributed by atoms with Gasteiger partial charge in [0.05, 0.1) is 4.90 Å². The van der Waals surface area contributed by atoms with E-state index < -0.39 is 22.0 Å². The molecule has 5 nitrogen and oxygen atoms in total. The number of halogens is 2. The van der Waals surface area contributed by atoms with Gasteiger partial charge in [-0.2, -0.15) is 4.72 Å². The first-order valence-corrected chi connectivity index (χ1v) is 11.8. The summed E-state index contributed by atoms with van der Waals surface area (Å²) in [5, 5.41) is 3.31. The number of carbonyl (C=O) groups is 1. The Morgan fingerprint density at radius 3 is 2.33 bits per heavy atom. The first kappa shape index (κ1) is 22.5. The second kappa shape index (κ2) is 9.75. The first-order chi connectivity index (χ1) is 14.3. The van der Waals surface area contributed by atoms with Crippen LogP contribution in [0.5, 0.6) is 0 Å². The fourth-order valence-electron chi connectivity index (χ4n) is 2.87. The van der Waals surface area contributed by atoms with Crippen LogP contribution in [0, 0.1) is 6.92 Å². The van der Waals surface area contributed by atoms with Crippen LogP contribution in [-0.4, -0.2) is 20.4 Å². The summed E-state index contributed by atoms with van der Waals surface area (Å²) in [5.41, 5.74) is 2.08. The number of anilines is 1. The van der Waals surface area contributed by atoms with E-state index >= 15 is 0 Å². The monoisotopic (exact) mass is 506 g/mol. The fourth-order valence-corrected chi connectivity index (χ4v) is 4.50. The molecule has 156 valence electrons. The fraction of sp³-hybridized carbons (Fsp3) is 0.136. The minimum absolute atomic E-state index is 0.0792. The highest BCUT2D eigenvalue weighted by Crippen LogP contribution is 2.23. The van der Waals surface area contributed by atoms with E-state index in [1.165, 1.54) is 12.1 Å². The molecule has 8 heteroatoms. The molecule has 0 aliphatic heterocycles. The van der Waals surface area contributed by atoms with Crippen molar-refractivity contribution in [2.75, 3.05) is 5.32 Å². The van der Waals surface area contributed by atoms with Crippen LogP contribution >= 0.6 is 27.5 Å². The van der Waals surface area contributed by atoms with Gasteiger partial charge in [-0.15, -0.1) is 0 Å². The van der Waals surface area contributed by atoms with E-state index in [0.717, 1.165) is 10.0 Å². The predicted molar refractivity (Wildman–Crippen MR) is 123 cm³/mol. The predicted octanol–water partition coefficient (Wildman–Crippen LogP) is 4.94. The quantitative estimate of drug-likeness (QED) is 0.476. The van der Waals surface area contributed by atoms with E-state index in [2.05, 4.69) is 26.0 Å². The molecule has 0 saturated heterocycles. The lowest BCUT2D eigenvalue weighted by Gasteiger charge is -2.20. The van der Waals surface area contributed by atoms with Crippen molar-refractivity contribution in [3.05, 3.63) is 93.4 Å². The Bertz CT molecular complexity index is 1140. The van der Waals surface area contributed by atoms with Crippen LogP contribution in [0.1, 0.15) is 11.1 Å². The number of nitrogens with one attached hydrogen (secondary N) is 2. The summed E-state index contributed by atoms with van der Waals surface area (Å²) in [6, 6.07) is 19.6. The SMILES string of the molecule is Cc1c(Cl)cccc1NC(=O)[C@@H](Cc1ccccc1)NS(=O)(=O)c1ccc(Br)cc1. The van der Waals surface area contributed by atoms with Crippen LogP contribution < -0.4 is 10.0 Å². The maximum atomic E-state index is 13.1. The molecule has 0 saturated carbocycles. The van der Waals surface area contributed by atoms with Gasteiger partial charge >= 0.3 is 0 Å². The summed E-state index contributed by atoms with van der Waals surface area (Å²) in [6.45, 7) is 1.79. The van der Waals surface area contributed by atoms with Crippen molar-refractivity contribution in [3.63, 3.8) is 0 Å². The van der Waals surface area contributed by atoms with Gasteiger partial charge in [-0.1, -0.05) is 63.9 Å². The zero-order valence-electron chi connectivity index (χ0n) is 16.1. The lowest BCUT2D eigenvalue weighted by Crippen LogP contribution is -2.45. The Kier molecular flexibility index (Phi) is 7.31. The third-order valence-electron chi connectivity index (χ3n) is 4.55. The van der Waals surface area contributed by atoms with Gasteiger partial charge in [0.25, 0.3) is 0 Å². The Hall–Kier alpha value is -2.19. The molecular formula is C22H20BrClN2O3S. The molecule has 0 radical (unpaired) electrons. The standard InChI is InChI=1S/C22H20BrClN2O3S/c1-15-19(24)8-5-9-20(15)25-22(27)21(14-16-6-3-2-4-7-16)26-30(28,29)18-12-10-17(23)11-13-18/h2-13,21,26H,14H2,1H3,(H,25,27)/t21-/m1/s1. The van der Waals surface area contributed by atoms with Gasteiger partial charge in [0, 0.05) is 15.2 Å². The minimum Gasteiger partial charge on any atom is -0.324 e. The van der Waals surface area contributed by atoms with Crippen molar-refractivity contribution >= 4 is 49.1 Å². The molecule has 2 N–H and O–H groups in total. The molecule has 0 fully saturated rings. The van der Waals surface area contributed by atoms with Crippen molar-refractivity contribution in [3.8, 4) is 0 Å². The third kappa shape index (κ3) is 5.70.